The summed E-state index contributed by atoms with van der Waals surface area (Å²) < 4.78 is 18.6. The van der Waals surface area contributed by atoms with E-state index in [1.165, 1.54) is 12.1 Å². The third-order valence-corrected chi connectivity index (χ3v) is 3.41. The van der Waals surface area contributed by atoms with Gasteiger partial charge in [0, 0.05) is 36.4 Å². The lowest BCUT2D eigenvalue weighted by Gasteiger charge is -2.06. The Kier molecular flexibility index (Phi) is 5.33. The number of aryl methyl sites for hydroxylation is 1. The second kappa shape index (κ2) is 7.22. The summed E-state index contributed by atoms with van der Waals surface area (Å²) in [6.45, 7) is 5.77. The summed E-state index contributed by atoms with van der Waals surface area (Å²) >= 11 is 0. The van der Waals surface area contributed by atoms with E-state index >= 15 is 0 Å². The van der Waals surface area contributed by atoms with Gasteiger partial charge in [-0.25, -0.2) is 4.39 Å². The zero-order valence-corrected chi connectivity index (χ0v) is 12.5. The Morgan fingerprint density at radius 3 is 3.00 bits per heavy atom. The molecule has 0 spiro atoms. The van der Waals surface area contributed by atoms with Crippen molar-refractivity contribution in [2.24, 2.45) is 0 Å². The maximum Gasteiger partial charge on any atom is 0.224 e. The molecule has 1 heterocycles. The molecule has 1 aromatic heterocycles. The molecule has 114 valence electrons. The van der Waals surface area contributed by atoms with E-state index in [9.17, 15) is 9.18 Å². The van der Waals surface area contributed by atoms with Gasteiger partial charge in [-0.1, -0.05) is 0 Å². The Hall–Kier alpha value is -1.88. The second-order valence-electron chi connectivity index (χ2n) is 5.00. The normalized spacial score (nSPS) is 11.0. The molecule has 2 N–H and O–H groups in total. The first-order valence-electron chi connectivity index (χ1n) is 7.23. The van der Waals surface area contributed by atoms with E-state index < -0.39 is 0 Å². The molecule has 0 aliphatic rings. The summed E-state index contributed by atoms with van der Waals surface area (Å²) in [5.41, 5.74) is 2.61. The number of benzene rings is 1. The number of hydrogen-bond acceptors (Lipinski definition) is 2. The highest BCUT2D eigenvalue weighted by Gasteiger charge is 2.12. The molecule has 1 amide bonds. The highest BCUT2D eigenvalue weighted by Crippen LogP contribution is 2.23. The Morgan fingerprint density at radius 2 is 2.24 bits per heavy atom. The lowest BCUT2D eigenvalue weighted by molar-refractivity contribution is -0.120. The summed E-state index contributed by atoms with van der Waals surface area (Å²) in [5, 5.41) is 3.63. The largest absolute Gasteiger partial charge is 0.382 e. The predicted octanol–water partition coefficient (Wildman–Crippen LogP) is 2.70. The van der Waals surface area contributed by atoms with Crippen LogP contribution in [0.1, 0.15) is 24.6 Å². The maximum absolute atomic E-state index is 13.4. The van der Waals surface area contributed by atoms with Gasteiger partial charge in [-0.05, 0) is 44.0 Å². The van der Waals surface area contributed by atoms with Crippen LogP contribution in [-0.4, -0.2) is 30.6 Å². The van der Waals surface area contributed by atoms with Crippen LogP contribution in [0.15, 0.2) is 18.2 Å². The number of carbonyl (C=O) groups excluding carboxylic acids is 1. The fourth-order valence-corrected chi connectivity index (χ4v) is 2.35. The van der Waals surface area contributed by atoms with Gasteiger partial charge in [0.25, 0.3) is 0 Å². The first-order valence-corrected chi connectivity index (χ1v) is 7.23. The van der Waals surface area contributed by atoms with E-state index in [1.54, 1.807) is 6.07 Å². The molecule has 0 saturated heterocycles. The number of amides is 1. The molecule has 0 aliphatic heterocycles. The lowest BCUT2D eigenvalue weighted by atomic mass is 10.1. The van der Waals surface area contributed by atoms with Crippen LogP contribution in [0.25, 0.3) is 10.9 Å². The molecule has 2 aromatic rings. The highest BCUT2D eigenvalue weighted by atomic mass is 19.1. The fourth-order valence-electron chi connectivity index (χ4n) is 2.35. The van der Waals surface area contributed by atoms with Gasteiger partial charge in [0.1, 0.15) is 5.82 Å². The molecular formula is C16H21FN2O2. The van der Waals surface area contributed by atoms with Crippen LogP contribution < -0.4 is 5.32 Å². The van der Waals surface area contributed by atoms with E-state index in [4.69, 9.17) is 4.74 Å². The molecule has 0 bridgehead atoms. The van der Waals surface area contributed by atoms with Crippen molar-refractivity contribution in [3.8, 4) is 0 Å². The summed E-state index contributed by atoms with van der Waals surface area (Å²) in [6.07, 6.45) is 1.05. The number of hydrogen-bond donors (Lipinski definition) is 2. The zero-order chi connectivity index (χ0) is 15.2. The number of fused-ring (bicyclic) bond motifs is 1. The van der Waals surface area contributed by atoms with E-state index in [1.807, 2.05) is 13.8 Å². The van der Waals surface area contributed by atoms with Crippen LogP contribution in [0.3, 0.4) is 0 Å². The smallest absolute Gasteiger partial charge is 0.224 e. The first kappa shape index (κ1) is 15.5. The third-order valence-electron chi connectivity index (χ3n) is 3.41. The van der Waals surface area contributed by atoms with Crippen molar-refractivity contribution in [2.45, 2.75) is 26.7 Å². The standard InChI is InChI=1S/C16H21FN2O2/c1-3-21-8-4-7-18-16(20)10-13-11(2)19-15-6-5-12(17)9-14(13)15/h5-6,9,19H,3-4,7-8,10H2,1-2H3,(H,18,20). The molecule has 5 heteroatoms. The summed E-state index contributed by atoms with van der Waals surface area (Å²) in [5.74, 6) is -0.348. The maximum atomic E-state index is 13.4. The van der Waals surface area contributed by atoms with Crippen molar-refractivity contribution in [1.29, 1.82) is 0 Å². The highest BCUT2D eigenvalue weighted by molar-refractivity contribution is 5.90. The second-order valence-corrected chi connectivity index (χ2v) is 5.00. The number of H-pyrrole nitrogens is 1. The average Bonchev–Trinajstić information content (AvgIpc) is 2.75. The molecule has 0 atom stereocenters. The van der Waals surface area contributed by atoms with Gasteiger partial charge in [0.05, 0.1) is 6.42 Å². The zero-order valence-electron chi connectivity index (χ0n) is 12.5. The molecule has 0 radical (unpaired) electrons. The van der Waals surface area contributed by atoms with Crippen LogP contribution >= 0.6 is 0 Å². The van der Waals surface area contributed by atoms with Crippen molar-refractivity contribution >= 4 is 16.8 Å². The quantitative estimate of drug-likeness (QED) is 0.771. The molecule has 2 rings (SSSR count). The minimum atomic E-state index is -0.292. The van der Waals surface area contributed by atoms with Gasteiger partial charge in [-0.3, -0.25) is 4.79 Å². The topological polar surface area (TPSA) is 54.1 Å². The van der Waals surface area contributed by atoms with Crippen molar-refractivity contribution in [1.82, 2.24) is 10.3 Å². The summed E-state index contributed by atoms with van der Waals surface area (Å²) in [6, 6.07) is 4.58. The van der Waals surface area contributed by atoms with Crippen molar-refractivity contribution in [2.75, 3.05) is 19.8 Å². The summed E-state index contributed by atoms with van der Waals surface area (Å²) in [4.78, 5) is 15.1. The Labute approximate surface area is 123 Å². The van der Waals surface area contributed by atoms with Crippen LogP contribution in [-0.2, 0) is 16.0 Å². The molecule has 1 aromatic carbocycles. The molecule has 4 nitrogen and oxygen atoms in total. The van der Waals surface area contributed by atoms with E-state index in [2.05, 4.69) is 10.3 Å². The van der Waals surface area contributed by atoms with Crippen LogP contribution in [0.4, 0.5) is 4.39 Å². The van der Waals surface area contributed by atoms with E-state index in [0.717, 1.165) is 28.6 Å². The van der Waals surface area contributed by atoms with Gasteiger partial charge in [-0.15, -0.1) is 0 Å². The van der Waals surface area contributed by atoms with Crippen LogP contribution in [0, 0.1) is 12.7 Å². The molecule has 0 aliphatic carbocycles. The molecule has 0 unspecified atom stereocenters. The van der Waals surface area contributed by atoms with Crippen molar-refractivity contribution in [3.63, 3.8) is 0 Å². The SMILES string of the molecule is CCOCCCNC(=O)Cc1c(C)[nH]c2ccc(F)cc12. The first-order chi connectivity index (χ1) is 10.1. The minimum Gasteiger partial charge on any atom is -0.382 e. The number of aromatic nitrogens is 1. The monoisotopic (exact) mass is 292 g/mol. The Morgan fingerprint density at radius 1 is 1.43 bits per heavy atom. The minimum absolute atomic E-state index is 0.0558. The van der Waals surface area contributed by atoms with Crippen molar-refractivity contribution < 1.29 is 13.9 Å². The lowest BCUT2D eigenvalue weighted by Crippen LogP contribution is -2.27. The van der Waals surface area contributed by atoms with Crippen molar-refractivity contribution in [3.05, 3.63) is 35.3 Å². The van der Waals surface area contributed by atoms with Crippen LogP contribution in [0.5, 0.6) is 0 Å². The Balaban J connectivity index is 1.97. The molecule has 0 fully saturated rings. The number of halogens is 1. The summed E-state index contributed by atoms with van der Waals surface area (Å²) in [7, 11) is 0. The number of ether oxygens (including phenoxy) is 1. The van der Waals surface area contributed by atoms with Gasteiger partial charge in [0.2, 0.25) is 5.91 Å². The third kappa shape index (κ3) is 4.04. The number of rotatable bonds is 7. The number of carbonyl (C=O) groups is 1. The molecule has 21 heavy (non-hydrogen) atoms. The predicted molar refractivity (Wildman–Crippen MR) is 80.8 cm³/mol. The van der Waals surface area contributed by atoms with E-state index in [-0.39, 0.29) is 18.1 Å². The van der Waals surface area contributed by atoms with Gasteiger partial charge in [-0.2, -0.15) is 0 Å². The molecule has 0 saturated carbocycles. The van der Waals surface area contributed by atoms with Gasteiger partial charge in [0.15, 0.2) is 0 Å². The average molecular weight is 292 g/mol. The van der Waals surface area contributed by atoms with Crippen LogP contribution in [0.2, 0.25) is 0 Å². The fraction of sp³-hybridized carbons (Fsp3) is 0.438. The number of nitrogens with one attached hydrogen (secondary N) is 2. The van der Waals surface area contributed by atoms with Gasteiger partial charge >= 0.3 is 0 Å². The van der Waals surface area contributed by atoms with Gasteiger partial charge < -0.3 is 15.0 Å². The number of aromatic amines is 1. The Bertz CT molecular complexity index is 622. The molecular weight excluding hydrogens is 271 g/mol. The van der Waals surface area contributed by atoms with E-state index in [0.29, 0.717) is 19.8 Å².